The van der Waals surface area contributed by atoms with Crippen molar-refractivity contribution in [1.82, 2.24) is 4.90 Å². The van der Waals surface area contributed by atoms with Crippen LogP contribution in [-0.4, -0.2) is 27.8 Å². The van der Waals surface area contributed by atoms with Crippen LogP contribution < -0.4 is 0 Å². The summed E-state index contributed by atoms with van der Waals surface area (Å²) < 4.78 is 0. The predicted molar refractivity (Wildman–Crippen MR) is 67.4 cm³/mol. The molecule has 0 saturated carbocycles. The first-order valence-corrected chi connectivity index (χ1v) is 5.99. The fraction of sp³-hybridized carbons (Fsp3) is 0.357. The molecule has 0 spiro atoms. The number of carboxylic acid groups (broad SMARTS) is 1. The minimum Gasteiger partial charge on any atom is -0.478 e. The van der Waals surface area contributed by atoms with Crippen LogP contribution in [0.4, 0.5) is 0 Å². The predicted octanol–water partition coefficient (Wildman–Crippen LogP) is 1.67. The van der Waals surface area contributed by atoms with E-state index in [1.54, 1.807) is 32.0 Å². The quantitative estimate of drug-likeness (QED) is 0.840. The van der Waals surface area contributed by atoms with Crippen molar-refractivity contribution in [2.75, 3.05) is 0 Å². The summed E-state index contributed by atoms with van der Waals surface area (Å²) in [5.41, 5.74) is -0.114. The molecular weight excluding hydrogens is 246 g/mol. The maximum atomic E-state index is 12.1. The number of nitrogens with zero attached hydrogens (tertiary/aromatic N) is 1. The number of carbonyl (C=O) groups excluding carboxylic acids is 2. The van der Waals surface area contributed by atoms with E-state index in [4.69, 9.17) is 5.11 Å². The van der Waals surface area contributed by atoms with Gasteiger partial charge in [-0.25, -0.2) is 4.79 Å². The third kappa shape index (κ3) is 2.36. The van der Waals surface area contributed by atoms with Crippen LogP contribution in [0.15, 0.2) is 24.3 Å². The van der Waals surface area contributed by atoms with E-state index in [-0.39, 0.29) is 30.3 Å². The third-order valence-corrected chi connectivity index (χ3v) is 3.29. The average molecular weight is 261 g/mol. The molecule has 0 atom stereocenters. The summed E-state index contributed by atoms with van der Waals surface area (Å²) in [5.74, 6) is -1.57. The number of amides is 2. The Bertz CT molecular complexity index is 562. The number of likely N-dealkylation sites (tertiary alicyclic amines) is 1. The van der Waals surface area contributed by atoms with Gasteiger partial charge in [-0.05, 0) is 11.6 Å². The van der Waals surface area contributed by atoms with Gasteiger partial charge in [-0.1, -0.05) is 32.0 Å². The summed E-state index contributed by atoms with van der Waals surface area (Å²) in [4.78, 5) is 36.2. The third-order valence-electron chi connectivity index (χ3n) is 3.29. The molecule has 19 heavy (non-hydrogen) atoms. The number of benzene rings is 1. The van der Waals surface area contributed by atoms with Gasteiger partial charge < -0.3 is 5.11 Å². The number of hydrogen-bond acceptors (Lipinski definition) is 3. The number of hydrogen-bond donors (Lipinski definition) is 1. The highest BCUT2D eigenvalue weighted by Crippen LogP contribution is 2.32. The Morgan fingerprint density at radius 1 is 1.32 bits per heavy atom. The highest BCUT2D eigenvalue weighted by Gasteiger charge is 2.44. The van der Waals surface area contributed by atoms with E-state index >= 15 is 0 Å². The molecule has 1 aromatic carbocycles. The molecule has 5 heteroatoms. The molecule has 0 aromatic heterocycles. The van der Waals surface area contributed by atoms with Crippen LogP contribution >= 0.6 is 0 Å². The van der Waals surface area contributed by atoms with Crippen LogP contribution in [-0.2, 0) is 16.1 Å². The smallest absolute Gasteiger partial charge is 0.336 e. The summed E-state index contributed by atoms with van der Waals surface area (Å²) in [7, 11) is 0. The molecule has 5 nitrogen and oxygen atoms in total. The van der Waals surface area contributed by atoms with Crippen LogP contribution in [0.3, 0.4) is 0 Å². The van der Waals surface area contributed by atoms with Crippen molar-refractivity contribution < 1.29 is 19.5 Å². The van der Waals surface area contributed by atoms with Gasteiger partial charge in [0.25, 0.3) is 0 Å². The molecule has 0 unspecified atom stereocenters. The summed E-state index contributed by atoms with van der Waals surface area (Å²) in [5, 5.41) is 9.09. The second-order valence-corrected chi connectivity index (χ2v) is 5.31. The van der Waals surface area contributed by atoms with Crippen LogP contribution in [0.5, 0.6) is 0 Å². The van der Waals surface area contributed by atoms with Crippen molar-refractivity contribution in [3.63, 3.8) is 0 Å². The lowest BCUT2D eigenvalue weighted by molar-refractivity contribution is -0.141. The lowest BCUT2D eigenvalue weighted by atomic mass is 9.92. The molecule has 1 N–H and O–H groups in total. The average Bonchev–Trinajstić information content (AvgIpc) is 2.52. The lowest BCUT2D eigenvalue weighted by Gasteiger charge is -2.18. The number of imide groups is 1. The zero-order valence-corrected chi connectivity index (χ0v) is 10.8. The summed E-state index contributed by atoms with van der Waals surface area (Å²) >= 11 is 0. The largest absolute Gasteiger partial charge is 0.478 e. The summed E-state index contributed by atoms with van der Waals surface area (Å²) in [6, 6.07) is 6.39. The van der Waals surface area contributed by atoms with Crippen LogP contribution in [0.2, 0.25) is 0 Å². The molecule has 0 aliphatic carbocycles. The highest BCUT2D eigenvalue weighted by molar-refractivity contribution is 6.05. The molecule has 0 bridgehead atoms. The molecule has 100 valence electrons. The van der Waals surface area contributed by atoms with E-state index in [9.17, 15) is 14.4 Å². The summed E-state index contributed by atoms with van der Waals surface area (Å²) in [6.07, 6.45) is 0.168. The first kappa shape index (κ1) is 13.3. The van der Waals surface area contributed by atoms with Gasteiger partial charge in [0.2, 0.25) is 11.8 Å². The van der Waals surface area contributed by atoms with E-state index in [1.165, 1.54) is 6.07 Å². The van der Waals surface area contributed by atoms with E-state index in [1.807, 2.05) is 0 Å². The van der Waals surface area contributed by atoms with Crippen molar-refractivity contribution in [3.8, 4) is 0 Å². The molecule has 1 saturated heterocycles. The minimum atomic E-state index is -1.06. The van der Waals surface area contributed by atoms with Gasteiger partial charge in [-0.15, -0.1) is 0 Å². The number of carboxylic acids is 1. The van der Waals surface area contributed by atoms with Crippen molar-refractivity contribution >= 4 is 17.8 Å². The molecular formula is C14H15NO4. The molecule has 1 aliphatic heterocycles. The monoisotopic (exact) mass is 261 g/mol. The Kier molecular flexibility index (Phi) is 3.14. The summed E-state index contributed by atoms with van der Waals surface area (Å²) in [6.45, 7) is 3.45. The molecule has 1 aliphatic rings. The standard InChI is InChI=1S/C14H15NO4/c1-14(2)7-11(16)15(13(14)19)8-9-5-3-4-6-10(9)12(17)18/h3-6H,7-8H2,1-2H3,(H,17,18). The van der Waals surface area contributed by atoms with Crippen molar-refractivity contribution in [3.05, 3.63) is 35.4 Å². The topological polar surface area (TPSA) is 74.7 Å². The lowest BCUT2D eigenvalue weighted by Crippen LogP contribution is -2.33. The first-order valence-electron chi connectivity index (χ1n) is 5.99. The maximum Gasteiger partial charge on any atom is 0.336 e. The van der Waals surface area contributed by atoms with Crippen LogP contribution in [0, 0.1) is 5.41 Å². The van der Waals surface area contributed by atoms with Gasteiger partial charge in [0.15, 0.2) is 0 Å². The Labute approximate surface area is 110 Å². The second kappa shape index (κ2) is 4.50. The number of rotatable bonds is 3. The van der Waals surface area contributed by atoms with Gasteiger partial charge in [0.05, 0.1) is 17.5 Å². The Morgan fingerprint density at radius 3 is 2.47 bits per heavy atom. The Morgan fingerprint density at radius 2 is 1.95 bits per heavy atom. The van der Waals surface area contributed by atoms with Crippen molar-refractivity contribution in [2.24, 2.45) is 5.41 Å². The minimum absolute atomic E-state index is 0.0174. The van der Waals surface area contributed by atoms with E-state index < -0.39 is 11.4 Å². The molecule has 2 rings (SSSR count). The van der Waals surface area contributed by atoms with E-state index in [2.05, 4.69) is 0 Å². The highest BCUT2D eigenvalue weighted by atomic mass is 16.4. The maximum absolute atomic E-state index is 12.1. The number of aromatic carboxylic acids is 1. The van der Waals surface area contributed by atoms with Crippen molar-refractivity contribution in [1.29, 1.82) is 0 Å². The van der Waals surface area contributed by atoms with Gasteiger partial charge in [-0.3, -0.25) is 14.5 Å². The molecule has 2 amide bonds. The normalized spacial score (nSPS) is 17.9. The zero-order chi connectivity index (χ0) is 14.2. The molecule has 0 radical (unpaired) electrons. The fourth-order valence-electron chi connectivity index (χ4n) is 2.22. The van der Waals surface area contributed by atoms with Gasteiger partial charge in [-0.2, -0.15) is 0 Å². The second-order valence-electron chi connectivity index (χ2n) is 5.31. The van der Waals surface area contributed by atoms with Crippen LogP contribution in [0.1, 0.15) is 36.2 Å². The molecule has 1 heterocycles. The molecule has 1 aromatic rings. The fourth-order valence-corrected chi connectivity index (χ4v) is 2.22. The molecule has 1 fully saturated rings. The van der Waals surface area contributed by atoms with Gasteiger partial charge in [0, 0.05) is 6.42 Å². The van der Waals surface area contributed by atoms with Crippen molar-refractivity contribution in [2.45, 2.75) is 26.8 Å². The Balaban J connectivity index is 2.30. The van der Waals surface area contributed by atoms with E-state index in [0.717, 1.165) is 4.90 Å². The van der Waals surface area contributed by atoms with Gasteiger partial charge in [0.1, 0.15) is 0 Å². The number of carbonyl (C=O) groups is 3. The zero-order valence-electron chi connectivity index (χ0n) is 10.8. The SMILES string of the molecule is CC1(C)CC(=O)N(Cc2ccccc2C(=O)O)C1=O. The van der Waals surface area contributed by atoms with Crippen LogP contribution in [0.25, 0.3) is 0 Å². The van der Waals surface area contributed by atoms with Gasteiger partial charge >= 0.3 is 5.97 Å². The first-order chi connectivity index (χ1) is 8.83. The Hall–Kier alpha value is -2.17. The van der Waals surface area contributed by atoms with E-state index in [0.29, 0.717) is 5.56 Å².